The third-order valence-electron chi connectivity index (χ3n) is 5.44. The smallest absolute Gasteiger partial charge is 0.261 e. The molecular weight excluding hydrogens is 358 g/mol. The van der Waals surface area contributed by atoms with Crippen molar-refractivity contribution in [2.24, 2.45) is 0 Å². The molecule has 0 aliphatic carbocycles. The minimum Gasteiger partial charge on any atom is -0.300 e. The van der Waals surface area contributed by atoms with Gasteiger partial charge in [-0.15, -0.1) is 0 Å². The van der Waals surface area contributed by atoms with E-state index >= 15 is 0 Å². The van der Waals surface area contributed by atoms with E-state index < -0.39 is 10.1 Å². The van der Waals surface area contributed by atoms with Gasteiger partial charge in [-0.05, 0) is 38.8 Å². The van der Waals surface area contributed by atoms with Crippen LogP contribution in [0.3, 0.4) is 0 Å². The van der Waals surface area contributed by atoms with Crippen LogP contribution in [0.4, 0.5) is 0 Å². The fraction of sp³-hybridized carbons (Fsp3) is 1.00. The third kappa shape index (κ3) is 20.4. The second-order valence-corrected chi connectivity index (χ2v) is 9.71. The molecule has 1 heterocycles. The third-order valence-corrected chi connectivity index (χ3v) is 5.44. The standard InChI is InChI=1S/C21H43N.CH4O3S/c1-3-5-7-9-11-13-17-21-18-14-16-20-22(21)19-15-12-10-8-6-4-2;1-5(2,3)4/h21H,3-20H2,1-2H3;1H3,(H,2,3,4). The summed E-state index contributed by atoms with van der Waals surface area (Å²) in [5, 5.41) is 0. The number of piperidine rings is 1. The molecule has 1 rings (SSSR count). The number of unbranched alkanes of at least 4 members (excludes halogenated alkanes) is 10. The fourth-order valence-electron chi connectivity index (χ4n) is 3.94. The Kier molecular flexibility index (Phi) is 17.8. The second-order valence-electron chi connectivity index (χ2n) is 8.24. The van der Waals surface area contributed by atoms with Gasteiger partial charge in [0.2, 0.25) is 0 Å². The first-order valence-corrected chi connectivity index (χ1v) is 13.4. The number of nitrogens with zero attached hydrogens (tertiary/aromatic N) is 1. The molecule has 1 fully saturated rings. The Labute approximate surface area is 170 Å². The Balaban J connectivity index is 0.00000119. The van der Waals surface area contributed by atoms with Crippen LogP contribution in [0.2, 0.25) is 0 Å². The molecule has 0 aromatic carbocycles. The minimum absolute atomic E-state index is 0.715. The molecule has 1 aliphatic rings. The molecule has 1 saturated heterocycles. The average Bonchev–Trinajstić information content (AvgIpc) is 2.60. The summed E-state index contributed by atoms with van der Waals surface area (Å²) in [5.74, 6) is 0. The van der Waals surface area contributed by atoms with E-state index in [9.17, 15) is 8.42 Å². The summed E-state index contributed by atoms with van der Waals surface area (Å²) in [7, 11) is -3.67. The van der Waals surface area contributed by atoms with Gasteiger partial charge in [0.1, 0.15) is 0 Å². The van der Waals surface area contributed by atoms with Crippen LogP contribution in [-0.2, 0) is 10.1 Å². The quantitative estimate of drug-likeness (QED) is 0.266. The van der Waals surface area contributed by atoms with Gasteiger partial charge in [0.05, 0.1) is 6.26 Å². The number of likely N-dealkylation sites (tertiary alicyclic amines) is 1. The predicted molar refractivity (Wildman–Crippen MR) is 118 cm³/mol. The first-order chi connectivity index (χ1) is 12.9. The molecule has 27 heavy (non-hydrogen) atoms. The molecule has 1 atom stereocenters. The van der Waals surface area contributed by atoms with E-state index in [4.69, 9.17) is 4.55 Å². The summed E-state index contributed by atoms with van der Waals surface area (Å²) in [4.78, 5) is 2.84. The molecule has 0 amide bonds. The Bertz CT molecular complexity index is 380. The molecule has 4 nitrogen and oxygen atoms in total. The van der Waals surface area contributed by atoms with Crippen molar-refractivity contribution in [3.8, 4) is 0 Å². The average molecular weight is 406 g/mol. The Morgan fingerprint density at radius 1 is 0.815 bits per heavy atom. The maximum atomic E-state index is 9.19. The van der Waals surface area contributed by atoms with E-state index in [1.807, 2.05) is 0 Å². The lowest BCUT2D eigenvalue weighted by Gasteiger charge is -2.36. The van der Waals surface area contributed by atoms with E-state index in [2.05, 4.69) is 18.7 Å². The van der Waals surface area contributed by atoms with Crippen LogP contribution in [-0.4, -0.2) is 43.3 Å². The monoisotopic (exact) mass is 405 g/mol. The van der Waals surface area contributed by atoms with E-state index in [-0.39, 0.29) is 0 Å². The van der Waals surface area contributed by atoms with Gasteiger partial charge in [0.25, 0.3) is 10.1 Å². The maximum Gasteiger partial charge on any atom is 0.261 e. The molecule has 0 spiro atoms. The van der Waals surface area contributed by atoms with Crippen LogP contribution in [0.25, 0.3) is 0 Å². The number of hydrogen-bond donors (Lipinski definition) is 1. The zero-order chi connectivity index (χ0) is 20.4. The highest BCUT2D eigenvalue weighted by Crippen LogP contribution is 2.23. The largest absolute Gasteiger partial charge is 0.300 e. The molecule has 0 saturated carbocycles. The van der Waals surface area contributed by atoms with Crippen LogP contribution in [0, 0.1) is 0 Å². The van der Waals surface area contributed by atoms with Gasteiger partial charge in [-0.2, -0.15) is 8.42 Å². The van der Waals surface area contributed by atoms with E-state index in [0.717, 1.165) is 6.04 Å². The van der Waals surface area contributed by atoms with Crippen LogP contribution >= 0.6 is 0 Å². The first-order valence-electron chi connectivity index (χ1n) is 11.5. The lowest BCUT2D eigenvalue weighted by atomic mass is 9.96. The second kappa shape index (κ2) is 17.9. The van der Waals surface area contributed by atoms with Crippen LogP contribution in [0.1, 0.15) is 117 Å². The zero-order valence-corrected chi connectivity index (χ0v) is 19.2. The molecule has 1 aliphatic heterocycles. The summed E-state index contributed by atoms with van der Waals surface area (Å²) in [6.45, 7) is 7.38. The highest BCUT2D eigenvalue weighted by Gasteiger charge is 2.21. The van der Waals surface area contributed by atoms with Crippen molar-refractivity contribution in [1.29, 1.82) is 0 Å². The highest BCUT2D eigenvalue weighted by atomic mass is 32.2. The number of hydrogen-bond acceptors (Lipinski definition) is 3. The maximum absolute atomic E-state index is 9.19. The van der Waals surface area contributed by atoms with Crippen molar-refractivity contribution in [3.05, 3.63) is 0 Å². The van der Waals surface area contributed by atoms with Crippen molar-refractivity contribution in [1.82, 2.24) is 4.90 Å². The van der Waals surface area contributed by atoms with Gasteiger partial charge in [-0.3, -0.25) is 4.55 Å². The lowest BCUT2D eigenvalue weighted by Crippen LogP contribution is -2.40. The normalized spacial score (nSPS) is 18.1. The van der Waals surface area contributed by atoms with Crippen molar-refractivity contribution in [2.75, 3.05) is 19.3 Å². The summed E-state index contributed by atoms with van der Waals surface area (Å²) in [6, 6.07) is 0.926. The fourth-order valence-corrected chi connectivity index (χ4v) is 3.94. The first kappa shape index (κ1) is 26.9. The van der Waals surface area contributed by atoms with Crippen molar-refractivity contribution < 1.29 is 13.0 Å². The van der Waals surface area contributed by atoms with Gasteiger partial charge in [-0.25, -0.2) is 0 Å². The summed E-state index contributed by atoms with van der Waals surface area (Å²) in [6.07, 6.45) is 23.9. The predicted octanol–water partition coefficient (Wildman–Crippen LogP) is 6.46. The SMILES string of the molecule is CCCCCCCCC1CCCCN1CCCCCCCC.CS(=O)(=O)O. The molecule has 5 heteroatoms. The summed E-state index contributed by atoms with van der Waals surface area (Å²) >= 11 is 0. The van der Waals surface area contributed by atoms with Gasteiger partial charge in [-0.1, -0.05) is 90.9 Å². The molecule has 0 aromatic heterocycles. The molecular formula is C22H47NO3S. The molecule has 164 valence electrons. The van der Waals surface area contributed by atoms with Gasteiger partial charge in [0.15, 0.2) is 0 Å². The van der Waals surface area contributed by atoms with Gasteiger partial charge in [0, 0.05) is 6.04 Å². The van der Waals surface area contributed by atoms with E-state index in [1.54, 1.807) is 0 Å². The number of rotatable bonds is 14. The molecule has 1 N–H and O–H groups in total. The minimum atomic E-state index is -3.67. The topological polar surface area (TPSA) is 57.6 Å². The van der Waals surface area contributed by atoms with Crippen molar-refractivity contribution in [3.63, 3.8) is 0 Å². The highest BCUT2D eigenvalue weighted by molar-refractivity contribution is 7.85. The van der Waals surface area contributed by atoms with Crippen molar-refractivity contribution >= 4 is 10.1 Å². The van der Waals surface area contributed by atoms with E-state index in [1.165, 1.54) is 116 Å². The van der Waals surface area contributed by atoms with Crippen LogP contribution in [0.15, 0.2) is 0 Å². The molecule has 0 radical (unpaired) electrons. The Morgan fingerprint density at radius 3 is 1.85 bits per heavy atom. The lowest BCUT2D eigenvalue weighted by molar-refractivity contribution is 0.135. The Hall–Kier alpha value is -0.130. The Morgan fingerprint density at radius 2 is 1.30 bits per heavy atom. The molecule has 0 bridgehead atoms. The molecule has 1 unspecified atom stereocenters. The summed E-state index contributed by atoms with van der Waals surface area (Å²) in [5.41, 5.74) is 0. The zero-order valence-electron chi connectivity index (χ0n) is 18.4. The van der Waals surface area contributed by atoms with Gasteiger partial charge < -0.3 is 4.90 Å². The van der Waals surface area contributed by atoms with Crippen LogP contribution < -0.4 is 0 Å². The van der Waals surface area contributed by atoms with Crippen LogP contribution in [0.5, 0.6) is 0 Å². The van der Waals surface area contributed by atoms with Gasteiger partial charge >= 0.3 is 0 Å². The summed E-state index contributed by atoms with van der Waals surface area (Å²) < 4.78 is 25.9. The molecule has 0 aromatic rings. The van der Waals surface area contributed by atoms with E-state index in [0.29, 0.717) is 6.26 Å². The van der Waals surface area contributed by atoms with Crippen molar-refractivity contribution in [2.45, 2.75) is 123 Å².